The van der Waals surface area contributed by atoms with Crippen molar-refractivity contribution in [1.82, 2.24) is 0 Å². The molecular formula is C19H21N3O4. The third-order valence-corrected chi connectivity index (χ3v) is 3.45. The molecule has 0 saturated carbocycles. The summed E-state index contributed by atoms with van der Waals surface area (Å²) in [6.45, 7) is 1.86. The summed E-state index contributed by atoms with van der Waals surface area (Å²) < 4.78 is 4.64. The van der Waals surface area contributed by atoms with E-state index in [0.29, 0.717) is 23.5 Å². The molecule has 136 valence electrons. The minimum absolute atomic E-state index is 0.149. The van der Waals surface area contributed by atoms with Crippen LogP contribution in [0.1, 0.15) is 23.7 Å². The number of nitrogens with one attached hydrogen (secondary N) is 3. The molecule has 0 aliphatic rings. The van der Waals surface area contributed by atoms with Gasteiger partial charge in [-0.3, -0.25) is 9.59 Å². The third-order valence-electron chi connectivity index (χ3n) is 3.45. The quantitative estimate of drug-likeness (QED) is 0.664. The monoisotopic (exact) mass is 355 g/mol. The van der Waals surface area contributed by atoms with Gasteiger partial charge in [0.25, 0.3) is 0 Å². The fraction of sp³-hybridized carbons (Fsp3) is 0.211. The van der Waals surface area contributed by atoms with Gasteiger partial charge < -0.3 is 20.7 Å². The zero-order valence-corrected chi connectivity index (χ0v) is 14.7. The lowest BCUT2D eigenvalue weighted by molar-refractivity contribution is -0.116. The molecule has 0 aliphatic carbocycles. The van der Waals surface area contributed by atoms with E-state index in [4.69, 9.17) is 0 Å². The van der Waals surface area contributed by atoms with Crippen molar-refractivity contribution >= 4 is 34.8 Å². The van der Waals surface area contributed by atoms with Crippen LogP contribution in [-0.2, 0) is 14.3 Å². The summed E-state index contributed by atoms with van der Waals surface area (Å²) in [5.74, 6) is -0.711. The Kier molecular flexibility index (Phi) is 6.73. The van der Waals surface area contributed by atoms with Gasteiger partial charge in [-0.2, -0.15) is 0 Å². The van der Waals surface area contributed by atoms with Crippen LogP contribution >= 0.6 is 0 Å². The van der Waals surface area contributed by atoms with E-state index in [1.165, 1.54) is 14.0 Å². The Morgan fingerprint density at radius 3 is 2.19 bits per heavy atom. The first-order valence-corrected chi connectivity index (χ1v) is 8.07. The molecule has 0 radical (unpaired) electrons. The molecule has 2 aromatic rings. The van der Waals surface area contributed by atoms with Gasteiger partial charge in [-0.15, -0.1) is 0 Å². The minimum atomic E-state index is -0.391. The molecule has 3 N–H and O–H groups in total. The minimum Gasteiger partial charge on any atom is -0.465 e. The van der Waals surface area contributed by atoms with Crippen molar-refractivity contribution in [3.63, 3.8) is 0 Å². The zero-order chi connectivity index (χ0) is 18.9. The van der Waals surface area contributed by atoms with Crippen LogP contribution < -0.4 is 16.0 Å². The van der Waals surface area contributed by atoms with Gasteiger partial charge in [0.1, 0.15) is 0 Å². The summed E-state index contributed by atoms with van der Waals surface area (Å²) in [5, 5.41) is 8.56. The number of methoxy groups -OCH3 is 1. The first-order valence-electron chi connectivity index (χ1n) is 8.07. The number of rotatable bonds is 7. The van der Waals surface area contributed by atoms with Gasteiger partial charge in [0.2, 0.25) is 11.8 Å². The predicted octanol–water partition coefficient (Wildman–Crippen LogP) is 2.87. The van der Waals surface area contributed by atoms with Gasteiger partial charge in [-0.05, 0) is 42.5 Å². The van der Waals surface area contributed by atoms with E-state index >= 15 is 0 Å². The molecule has 0 spiro atoms. The molecule has 0 aromatic heterocycles. The molecule has 0 heterocycles. The van der Waals surface area contributed by atoms with Crippen LogP contribution in [0.2, 0.25) is 0 Å². The van der Waals surface area contributed by atoms with Crippen molar-refractivity contribution in [2.45, 2.75) is 13.3 Å². The van der Waals surface area contributed by atoms with E-state index < -0.39 is 5.97 Å². The molecule has 7 heteroatoms. The lowest BCUT2D eigenvalue weighted by atomic mass is 10.2. The Hall–Kier alpha value is -3.35. The first-order chi connectivity index (χ1) is 12.5. The maximum atomic E-state index is 12.0. The van der Waals surface area contributed by atoms with Crippen molar-refractivity contribution in [2.75, 3.05) is 29.6 Å². The molecule has 2 amide bonds. The Bertz CT molecular complexity index is 788. The lowest BCUT2D eigenvalue weighted by Gasteiger charge is -2.09. The van der Waals surface area contributed by atoms with Crippen molar-refractivity contribution in [2.24, 2.45) is 0 Å². The van der Waals surface area contributed by atoms with E-state index in [-0.39, 0.29) is 18.2 Å². The maximum absolute atomic E-state index is 12.0. The predicted molar refractivity (Wildman–Crippen MR) is 100 cm³/mol. The topological polar surface area (TPSA) is 96.5 Å². The normalized spacial score (nSPS) is 9.92. The zero-order valence-electron chi connectivity index (χ0n) is 14.7. The van der Waals surface area contributed by atoms with Gasteiger partial charge >= 0.3 is 5.97 Å². The number of ether oxygens (including phenoxy) is 1. The number of carbonyl (C=O) groups is 3. The Morgan fingerprint density at radius 2 is 1.58 bits per heavy atom. The summed E-state index contributed by atoms with van der Waals surface area (Å²) in [6, 6.07) is 13.8. The van der Waals surface area contributed by atoms with E-state index in [1.807, 2.05) is 0 Å². The first kappa shape index (κ1) is 19.0. The van der Waals surface area contributed by atoms with Gasteiger partial charge in [-0.25, -0.2) is 4.79 Å². The average molecular weight is 355 g/mol. The summed E-state index contributed by atoms with van der Waals surface area (Å²) in [6.07, 6.45) is 0.267. The molecule has 7 nitrogen and oxygen atoms in total. The summed E-state index contributed by atoms with van der Waals surface area (Å²) in [5.41, 5.74) is 2.51. The molecule has 0 atom stereocenters. The molecule has 0 fully saturated rings. The van der Waals surface area contributed by atoms with Gasteiger partial charge in [0.05, 0.1) is 12.7 Å². The fourth-order valence-electron chi connectivity index (χ4n) is 2.26. The average Bonchev–Trinajstić information content (AvgIpc) is 2.61. The number of amides is 2. The van der Waals surface area contributed by atoms with Crippen LogP contribution in [0.25, 0.3) is 0 Å². The second-order valence-electron chi connectivity index (χ2n) is 5.56. The van der Waals surface area contributed by atoms with Crippen LogP contribution in [0.3, 0.4) is 0 Å². The van der Waals surface area contributed by atoms with Crippen LogP contribution in [0, 0.1) is 0 Å². The Labute approximate surface area is 151 Å². The van der Waals surface area contributed by atoms with Crippen LogP contribution in [0.15, 0.2) is 48.5 Å². The Balaban J connectivity index is 1.80. The highest BCUT2D eigenvalue weighted by Crippen LogP contribution is 2.15. The van der Waals surface area contributed by atoms with Gasteiger partial charge in [0, 0.05) is 37.0 Å². The summed E-state index contributed by atoms with van der Waals surface area (Å²) in [4.78, 5) is 34.5. The molecule has 0 aliphatic heterocycles. The second kappa shape index (κ2) is 9.22. The number of hydrogen-bond acceptors (Lipinski definition) is 5. The van der Waals surface area contributed by atoms with Crippen molar-refractivity contribution < 1.29 is 19.1 Å². The highest BCUT2D eigenvalue weighted by atomic mass is 16.5. The molecular weight excluding hydrogens is 334 g/mol. The van der Waals surface area contributed by atoms with Crippen molar-refractivity contribution in [1.29, 1.82) is 0 Å². The summed E-state index contributed by atoms with van der Waals surface area (Å²) in [7, 11) is 1.33. The lowest BCUT2D eigenvalue weighted by Crippen LogP contribution is -2.16. The molecule has 26 heavy (non-hydrogen) atoms. The third kappa shape index (κ3) is 5.94. The molecule has 0 unspecified atom stereocenters. The van der Waals surface area contributed by atoms with Gasteiger partial charge in [-0.1, -0.05) is 6.07 Å². The van der Waals surface area contributed by atoms with E-state index in [1.54, 1.807) is 48.5 Å². The molecule has 2 aromatic carbocycles. The highest BCUT2D eigenvalue weighted by Gasteiger charge is 2.06. The van der Waals surface area contributed by atoms with Gasteiger partial charge in [0.15, 0.2) is 0 Å². The van der Waals surface area contributed by atoms with E-state index in [2.05, 4.69) is 20.7 Å². The van der Waals surface area contributed by atoms with Crippen molar-refractivity contribution in [3.05, 3.63) is 54.1 Å². The number of hydrogen-bond donors (Lipinski definition) is 3. The maximum Gasteiger partial charge on any atom is 0.337 e. The second-order valence-corrected chi connectivity index (χ2v) is 5.56. The smallest absolute Gasteiger partial charge is 0.337 e. The van der Waals surface area contributed by atoms with Crippen LogP contribution in [0.5, 0.6) is 0 Å². The number of carbonyl (C=O) groups excluding carboxylic acids is 3. The number of benzene rings is 2. The van der Waals surface area contributed by atoms with Crippen molar-refractivity contribution in [3.8, 4) is 0 Å². The van der Waals surface area contributed by atoms with Crippen LogP contribution in [-0.4, -0.2) is 31.4 Å². The largest absolute Gasteiger partial charge is 0.465 e. The summed E-state index contributed by atoms with van der Waals surface area (Å²) >= 11 is 0. The van der Waals surface area contributed by atoms with E-state index in [9.17, 15) is 14.4 Å². The number of esters is 1. The number of anilines is 3. The van der Waals surface area contributed by atoms with Crippen LogP contribution in [0.4, 0.5) is 17.1 Å². The fourth-order valence-corrected chi connectivity index (χ4v) is 2.26. The van der Waals surface area contributed by atoms with E-state index in [0.717, 1.165) is 5.69 Å². The standard InChI is InChI=1S/C19H21N3O4/c1-13(23)21-16-4-3-5-17(12-16)22-18(24)10-11-20-15-8-6-14(7-9-15)19(25)26-2/h3-9,12,20H,10-11H2,1-2H3,(H,21,23)(H,22,24). The SMILES string of the molecule is COC(=O)c1ccc(NCCC(=O)Nc2cccc(NC(C)=O)c2)cc1. The molecule has 0 bridgehead atoms. The Morgan fingerprint density at radius 1 is 0.923 bits per heavy atom. The highest BCUT2D eigenvalue weighted by molar-refractivity contribution is 5.93. The molecule has 0 saturated heterocycles. The molecule has 2 rings (SSSR count).